The molecule has 7 heteroatoms. The first-order chi connectivity index (χ1) is 9.38. The number of aliphatic hydroxyl groups excluding tert-OH is 1. The van der Waals surface area contributed by atoms with Gasteiger partial charge in [-0.2, -0.15) is 0 Å². The normalized spacial score (nSPS) is 24.4. The predicted octanol–water partition coefficient (Wildman–Crippen LogP) is 0.441. The molecule has 118 valence electrons. The first-order valence-electron chi connectivity index (χ1n) is 6.56. The maximum atomic E-state index is 11.2. The maximum Gasteiger partial charge on any atom is 0.334 e. The van der Waals surface area contributed by atoms with E-state index in [0.29, 0.717) is 13.0 Å². The van der Waals surface area contributed by atoms with Crippen LogP contribution in [-0.2, 0) is 28.5 Å². The summed E-state index contributed by atoms with van der Waals surface area (Å²) >= 11 is 0. The van der Waals surface area contributed by atoms with Gasteiger partial charge in [-0.1, -0.05) is 0 Å². The Kier molecular flexibility index (Phi) is 6.84. The van der Waals surface area contributed by atoms with E-state index in [9.17, 15) is 9.90 Å². The third-order valence-corrected chi connectivity index (χ3v) is 2.97. The Morgan fingerprint density at radius 1 is 1.45 bits per heavy atom. The Labute approximate surface area is 119 Å². The molecule has 0 aromatic rings. The molecule has 0 unspecified atom stereocenters. The molecule has 1 rings (SSSR count). The molecule has 0 saturated carbocycles. The summed E-state index contributed by atoms with van der Waals surface area (Å²) in [5.41, 5.74) is 0. The van der Waals surface area contributed by atoms with Crippen LogP contribution in [-0.4, -0.2) is 62.8 Å². The zero-order chi connectivity index (χ0) is 15.2. The molecule has 1 aliphatic heterocycles. The molecule has 0 bridgehead atoms. The van der Waals surface area contributed by atoms with Gasteiger partial charge in [-0.05, 0) is 13.8 Å². The van der Waals surface area contributed by atoms with E-state index in [1.165, 1.54) is 14.2 Å². The molecule has 0 amide bonds. The second-order valence-electron chi connectivity index (χ2n) is 5.16. The van der Waals surface area contributed by atoms with Gasteiger partial charge in [0.1, 0.15) is 6.79 Å². The zero-order valence-electron chi connectivity index (χ0n) is 12.5. The molecule has 0 spiro atoms. The third kappa shape index (κ3) is 5.72. The van der Waals surface area contributed by atoms with E-state index in [-0.39, 0.29) is 25.4 Å². The van der Waals surface area contributed by atoms with Gasteiger partial charge in [-0.3, -0.25) is 0 Å². The third-order valence-electron chi connectivity index (χ3n) is 2.97. The van der Waals surface area contributed by atoms with E-state index in [2.05, 4.69) is 4.74 Å². The fourth-order valence-electron chi connectivity index (χ4n) is 2.05. The second-order valence-corrected chi connectivity index (χ2v) is 5.16. The molecular formula is C13H24O7. The molecule has 0 aromatic carbocycles. The van der Waals surface area contributed by atoms with Gasteiger partial charge in [-0.25, -0.2) is 4.79 Å². The molecular weight excluding hydrogens is 268 g/mol. The summed E-state index contributed by atoms with van der Waals surface area (Å²) in [6.07, 6.45) is -1.13. The van der Waals surface area contributed by atoms with Gasteiger partial charge in [-0.15, -0.1) is 0 Å². The Bertz CT molecular complexity index is 305. The number of carbonyl (C=O) groups excluding carboxylic acids is 1. The molecule has 7 nitrogen and oxygen atoms in total. The van der Waals surface area contributed by atoms with E-state index < -0.39 is 17.9 Å². The summed E-state index contributed by atoms with van der Waals surface area (Å²) in [4.78, 5) is 11.2. The van der Waals surface area contributed by atoms with Crippen LogP contribution in [0.15, 0.2) is 0 Å². The van der Waals surface area contributed by atoms with Gasteiger partial charge in [0.25, 0.3) is 0 Å². The van der Waals surface area contributed by atoms with Crippen LogP contribution in [0.3, 0.4) is 0 Å². The Morgan fingerprint density at radius 2 is 2.15 bits per heavy atom. The molecule has 1 fully saturated rings. The molecule has 0 aliphatic carbocycles. The summed E-state index contributed by atoms with van der Waals surface area (Å²) in [6.45, 7) is 4.20. The van der Waals surface area contributed by atoms with Crippen molar-refractivity contribution < 1.29 is 33.6 Å². The van der Waals surface area contributed by atoms with Crippen molar-refractivity contribution in [1.82, 2.24) is 0 Å². The summed E-state index contributed by atoms with van der Waals surface area (Å²) in [5, 5.41) is 9.70. The molecule has 0 radical (unpaired) electrons. The average Bonchev–Trinajstić information content (AvgIpc) is 2.74. The highest BCUT2D eigenvalue weighted by molar-refractivity contribution is 5.74. The van der Waals surface area contributed by atoms with Crippen LogP contribution in [0.5, 0.6) is 0 Å². The lowest BCUT2D eigenvalue weighted by Crippen LogP contribution is -2.32. The fraction of sp³-hybridized carbons (Fsp3) is 0.923. The number of hydrogen-bond donors (Lipinski definition) is 1. The highest BCUT2D eigenvalue weighted by Gasteiger charge is 2.35. The monoisotopic (exact) mass is 292 g/mol. The topological polar surface area (TPSA) is 83.5 Å². The highest BCUT2D eigenvalue weighted by atomic mass is 16.7. The highest BCUT2D eigenvalue weighted by Crippen LogP contribution is 2.26. The molecule has 1 heterocycles. The predicted molar refractivity (Wildman–Crippen MR) is 68.9 cm³/mol. The van der Waals surface area contributed by atoms with E-state index in [4.69, 9.17) is 18.9 Å². The molecule has 3 atom stereocenters. The van der Waals surface area contributed by atoms with Crippen LogP contribution in [0.4, 0.5) is 0 Å². The van der Waals surface area contributed by atoms with E-state index in [0.717, 1.165) is 0 Å². The first-order valence-corrected chi connectivity index (χ1v) is 6.56. The average molecular weight is 292 g/mol. The lowest BCUT2D eigenvalue weighted by molar-refractivity contribution is -0.159. The van der Waals surface area contributed by atoms with Crippen molar-refractivity contribution in [1.29, 1.82) is 0 Å². The molecule has 20 heavy (non-hydrogen) atoms. The minimum atomic E-state index is -1.22. The number of rotatable bonds is 8. The Balaban J connectivity index is 2.49. The Morgan fingerprint density at radius 3 is 2.65 bits per heavy atom. The standard InChI is InChI=1S/C13H24O7/c1-13(2)19-7-10(20-13)5-9(18-8-16-3)6-11(14)12(15)17-4/h9-11,14H,5-8H2,1-4H3/t9-,10-,11+/m0/s1. The number of ether oxygens (including phenoxy) is 5. The van der Waals surface area contributed by atoms with Gasteiger partial charge >= 0.3 is 5.97 Å². The number of aliphatic hydroxyl groups is 1. The van der Waals surface area contributed by atoms with Gasteiger partial charge in [0, 0.05) is 20.0 Å². The van der Waals surface area contributed by atoms with Crippen LogP contribution in [0.25, 0.3) is 0 Å². The van der Waals surface area contributed by atoms with E-state index in [1.807, 2.05) is 13.8 Å². The molecule has 1 saturated heterocycles. The van der Waals surface area contributed by atoms with Crippen LogP contribution in [0.1, 0.15) is 26.7 Å². The lowest BCUT2D eigenvalue weighted by atomic mass is 10.1. The SMILES string of the molecule is COCO[C@@H](C[C@H]1COC(C)(C)O1)C[C@@H](O)C(=O)OC. The molecule has 0 aromatic heterocycles. The van der Waals surface area contributed by atoms with Crippen LogP contribution >= 0.6 is 0 Å². The van der Waals surface area contributed by atoms with Crippen molar-refractivity contribution in [3.05, 3.63) is 0 Å². The summed E-state index contributed by atoms with van der Waals surface area (Å²) < 4.78 is 26.0. The van der Waals surface area contributed by atoms with Crippen molar-refractivity contribution in [3.63, 3.8) is 0 Å². The van der Waals surface area contributed by atoms with Crippen LogP contribution in [0, 0.1) is 0 Å². The number of carbonyl (C=O) groups is 1. The van der Waals surface area contributed by atoms with Crippen molar-refractivity contribution in [2.75, 3.05) is 27.6 Å². The molecule has 1 N–H and O–H groups in total. The van der Waals surface area contributed by atoms with Gasteiger partial charge in [0.05, 0.1) is 25.9 Å². The Hall–Kier alpha value is -0.730. The number of methoxy groups -OCH3 is 2. The molecule has 1 aliphatic rings. The summed E-state index contributed by atoms with van der Waals surface area (Å²) in [5.74, 6) is -1.29. The zero-order valence-corrected chi connectivity index (χ0v) is 12.5. The summed E-state index contributed by atoms with van der Waals surface area (Å²) in [7, 11) is 2.74. The quantitative estimate of drug-likeness (QED) is 0.513. The van der Waals surface area contributed by atoms with E-state index >= 15 is 0 Å². The minimum Gasteiger partial charge on any atom is -0.467 e. The summed E-state index contributed by atoms with van der Waals surface area (Å²) in [6, 6.07) is 0. The van der Waals surface area contributed by atoms with Gasteiger partial charge < -0.3 is 28.8 Å². The van der Waals surface area contributed by atoms with Gasteiger partial charge in [0.2, 0.25) is 0 Å². The first kappa shape index (κ1) is 17.3. The number of esters is 1. The minimum absolute atomic E-state index is 0.0789. The van der Waals surface area contributed by atoms with Crippen LogP contribution in [0.2, 0.25) is 0 Å². The fourth-order valence-corrected chi connectivity index (χ4v) is 2.05. The van der Waals surface area contributed by atoms with Crippen LogP contribution < -0.4 is 0 Å². The second kappa shape index (κ2) is 7.90. The lowest BCUT2D eigenvalue weighted by Gasteiger charge is -2.23. The van der Waals surface area contributed by atoms with Crippen molar-refractivity contribution in [2.45, 2.75) is 50.8 Å². The van der Waals surface area contributed by atoms with Crippen molar-refractivity contribution >= 4 is 5.97 Å². The largest absolute Gasteiger partial charge is 0.467 e. The maximum absolute atomic E-state index is 11.2. The van der Waals surface area contributed by atoms with Gasteiger partial charge in [0.15, 0.2) is 11.9 Å². The number of hydrogen-bond acceptors (Lipinski definition) is 7. The van der Waals surface area contributed by atoms with E-state index in [1.54, 1.807) is 0 Å². The van der Waals surface area contributed by atoms with Crippen molar-refractivity contribution in [2.24, 2.45) is 0 Å². The van der Waals surface area contributed by atoms with Crippen molar-refractivity contribution in [3.8, 4) is 0 Å². The smallest absolute Gasteiger partial charge is 0.334 e.